The van der Waals surface area contributed by atoms with Crippen LogP contribution in [0.1, 0.15) is 17.9 Å². The normalized spacial score (nSPS) is 18.3. The number of allylic oxidation sites excluding steroid dienone is 1. The zero-order valence-electron chi connectivity index (χ0n) is 15.3. The molecule has 3 aromatic rings. The van der Waals surface area contributed by atoms with Crippen LogP contribution in [-0.4, -0.2) is 21.6 Å². The molecule has 0 bridgehead atoms. The minimum atomic E-state index is 0.554. The highest BCUT2D eigenvalue weighted by Crippen LogP contribution is 2.50. The minimum Gasteiger partial charge on any atom is -0.392 e. The molecule has 1 fully saturated rings. The van der Waals surface area contributed by atoms with E-state index in [0.29, 0.717) is 16.9 Å². The average Bonchev–Trinajstić information content (AvgIpc) is 3.41. The standard InChI is InChI=1S/C21H21ClN4S/c1-13(23-2)17-10-18(17)14-4-6-15(7-5-14)20-21(26(3)12-25-20)27-19-9-8-16(22)11-24-19/h4-9,11-12,17-18,23H,1,10H2,2-3H3/t17?,18-/m1/s1. The number of nitrogens with zero attached hydrogens (tertiary/aromatic N) is 3. The van der Waals surface area contributed by atoms with Crippen molar-refractivity contribution in [2.45, 2.75) is 22.4 Å². The molecule has 1 saturated carbocycles. The Kier molecular flexibility index (Phi) is 4.98. The highest BCUT2D eigenvalue weighted by atomic mass is 35.5. The Morgan fingerprint density at radius 2 is 2.00 bits per heavy atom. The zero-order valence-corrected chi connectivity index (χ0v) is 16.9. The van der Waals surface area contributed by atoms with Gasteiger partial charge in [0.15, 0.2) is 0 Å². The Bertz CT molecular complexity index is 963. The molecule has 2 heterocycles. The molecule has 6 heteroatoms. The van der Waals surface area contributed by atoms with E-state index in [1.54, 1.807) is 18.0 Å². The molecule has 1 aromatic carbocycles. The fourth-order valence-electron chi connectivity index (χ4n) is 3.28. The molecule has 2 aromatic heterocycles. The van der Waals surface area contributed by atoms with E-state index >= 15 is 0 Å². The monoisotopic (exact) mass is 396 g/mol. The number of pyridine rings is 1. The van der Waals surface area contributed by atoms with Gasteiger partial charge in [0.05, 0.1) is 11.3 Å². The number of nitrogens with one attached hydrogen (secondary N) is 1. The number of hydrogen-bond donors (Lipinski definition) is 1. The van der Waals surface area contributed by atoms with Crippen LogP contribution in [0, 0.1) is 5.92 Å². The Hall–Kier alpha value is -2.24. The molecule has 0 aliphatic heterocycles. The molecule has 1 N–H and O–H groups in total. The summed E-state index contributed by atoms with van der Waals surface area (Å²) in [6.45, 7) is 4.09. The number of rotatable bonds is 6. The third-order valence-corrected chi connectivity index (χ3v) is 6.30. The summed E-state index contributed by atoms with van der Waals surface area (Å²) in [6, 6.07) is 12.5. The number of aromatic nitrogens is 3. The van der Waals surface area contributed by atoms with Crippen LogP contribution in [-0.2, 0) is 7.05 Å². The van der Waals surface area contributed by atoms with Crippen LogP contribution < -0.4 is 5.32 Å². The van der Waals surface area contributed by atoms with Crippen molar-refractivity contribution in [2.75, 3.05) is 7.05 Å². The SMILES string of the molecule is C=C(NC)C1C[C@@H]1c1ccc(-c2ncn(C)c2Sc2ccc(Cl)cn2)cc1. The highest BCUT2D eigenvalue weighted by Gasteiger charge is 2.39. The Morgan fingerprint density at radius 1 is 1.22 bits per heavy atom. The third kappa shape index (κ3) is 3.75. The van der Waals surface area contributed by atoms with Crippen molar-refractivity contribution in [3.8, 4) is 11.3 Å². The van der Waals surface area contributed by atoms with Crippen molar-refractivity contribution in [3.05, 3.63) is 71.8 Å². The molecule has 0 radical (unpaired) electrons. The first kappa shape index (κ1) is 18.1. The van der Waals surface area contributed by atoms with Gasteiger partial charge >= 0.3 is 0 Å². The molecule has 4 nitrogen and oxygen atoms in total. The maximum atomic E-state index is 5.94. The molecule has 2 atom stereocenters. The molecule has 0 amide bonds. The predicted molar refractivity (Wildman–Crippen MR) is 111 cm³/mol. The molecule has 1 aliphatic carbocycles. The average molecular weight is 397 g/mol. The summed E-state index contributed by atoms with van der Waals surface area (Å²) in [5.74, 6) is 1.13. The summed E-state index contributed by atoms with van der Waals surface area (Å²) in [5.41, 5.74) is 4.57. The second kappa shape index (κ2) is 7.41. The lowest BCUT2D eigenvalue weighted by Crippen LogP contribution is -2.06. The van der Waals surface area contributed by atoms with E-state index in [1.807, 2.05) is 37.1 Å². The van der Waals surface area contributed by atoms with E-state index in [-0.39, 0.29) is 0 Å². The number of aryl methyl sites for hydroxylation is 1. The van der Waals surface area contributed by atoms with Crippen LogP contribution in [0.3, 0.4) is 0 Å². The van der Waals surface area contributed by atoms with E-state index in [4.69, 9.17) is 11.6 Å². The molecular weight excluding hydrogens is 376 g/mol. The van der Waals surface area contributed by atoms with Gasteiger partial charge in [-0.3, -0.25) is 0 Å². The molecular formula is C21H21ClN4S. The van der Waals surface area contributed by atoms with Crippen molar-refractivity contribution in [2.24, 2.45) is 13.0 Å². The summed E-state index contributed by atoms with van der Waals surface area (Å²) in [7, 11) is 3.94. The summed E-state index contributed by atoms with van der Waals surface area (Å²) in [5, 5.41) is 5.77. The van der Waals surface area contributed by atoms with Gasteiger partial charge < -0.3 is 9.88 Å². The number of halogens is 1. The van der Waals surface area contributed by atoms with Crippen LogP contribution in [0.4, 0.5) is 0 Å². The summed E-state index contributed by atoms with van der Waals surface area (Å²) < 4.78 is 2.03. The van der Waals surface area contributed by atoms with Crippen molar-refractivity contribution in [1.82, 2.24) is 19.9 Å². The van der Waals surface area contributed by atoms with E-state index in [0.717, 1.165) is 27.0 Å². The van der Waals surface area contributed by atoms with E-state index in [1.165, 1.54) is 12.0 Å². The number of imidazole rings is 1. The largest absolute Gasteiger partial charge is 0.392 e. The molecule has 27 heavy (non-hydrogen) atoms. The number of benzene rings is 1. The van der Waals surface area contributed by atoms with Crippen LogP contribution in [0.2, 0.25) is 5.02 Å². The molecule has 1 aliphatic rings. The lowest BCUT2D eigenvalue weighted by atomic mass is 10.0. The van der Waals surface area contributed by atoms with Gasteiger partial charge in [0.25, 0.3) is 0 Å². The molecule has 0 spiro atoms. The third-order valence-electron chi connectivity index (χ3n) is 4.96. The zero-order chi connectivity index (χ0) is 19.0. The number of hydrogen-bond acceptors (Lipinski definition) is 4. The molecule has 1 unspecified atom stereocenters. The fourth-order valence-corrected chi connectivity index (χ4v) is 4.29. The second-order valence-corrected chi connectivity index (χ2v) is 8.22. The Labute approximate surface area is 168 Å². The maximum absolute atomic E-state index is 5.94. The first-order valence-corrected chi connectivity index (χ1v) is 10.0. The maximum Gasteiger partial charge on any atom is 0.109 e. The fraction of sp³-hybridized carbons (Fsp3) is 0.238. The van der Waals surface area contributed by atoms with Crippen LogP contribution >= 0.6 is 23.4 Å². The van der Waals surface area contributed by atoms with Gasteiger partial charge in [0, 0.05) is 37.5 Å². The van der Waals surface area contributed by atoms with Crippen LogP contribution in [0.15, 0.2) is 71.3 Å². The summed E-state index contributed by atoms with van der Waals surface area (Å²) in [4.78, 5) is 8.99. The van der Waals surface area contributed by atoms with Gasteiger partial charge in [-0.2, -0.15) is 0 Å². The quantitative estimate of drug-likeness (QED) is 0.627. The Balaban J connectivity index is 1.56. The first-order valence-electron chi connectivity index (χ1n) is 8.84. The lowest BCUT2D eigenvalue weighted by molar-refractivity contribution is 0.823. The first-order chi connectivity index (χ1) is 13.1. The predicted octanol–water partition coefficient (Wildman–Crippen LogP) is 5.12. The van der Waals surface area contributed by atoms with Gasteiger partial charge in [-0.15, -0.1) is 0 Å². The molecule has 4 rings (SSSR count). The van der Waals surface area contributed by atoms with Gasteiger partial charge in [0.1, 0.15) is 15.7 Å². The van der Waals surface area contributed by atoms with Crippen molar-refractivity contribution in [3.63, 3.8) is 0 Å². The smallest absolute Gasteiger partial charge is 0.109 e. The summed E-state index contributed by atoms with van der Waals surface area (Å²) >= 11 is 7.53. The lowest BCUT2D eigenvalue weighted by Gasteiger charge is -2.07. The molecule has 0 saturated heterocycles. The minimum absolute atomic E-state index is 0.554. The van der Waals surface area contributed by atoms with Crippen molar-refractivity contribution in [1.29, 1.82) is 0 Å². The van der Waals surface area contributed by atoms with Gasteiger partial charge in [0.2, 0.25) is 0 Å². The van der Waals surface area contributed by atoms with E-state index in [2.05, 4.69) is 46.1 Å². The van der Waals surface area contributed by atoms with E-state index in [9.17, 15) is 0 Å². The highest BCUT2D eigenvalue weighted by molar-refractivity contribution is 7.99. The topological polar surface area (TPSA) is 42.7 Å². The molecule has 138 valence electrons. The van der Waals surface area contributed by atoms with Crippen molar-refractivity contribution < 1.29 is 0 Å². The summed E-state index contributed by atoms with van der Waals surface area (Å²) in [6.07, 6.45) is 4.68. The van der Waals surface area contributed by atoms with E-state index < -0.39 is 0 Å². The van der Waals surface area contributed by atoms with Crippen LogP contribution in [0.25, 0.3) is 11.3 Å². The van der Waals surface area contributed by atoms with Crippen LogP contribution in [0.5, 0.6) is 0 Å². The van der Waals surface area contributed by atoms with Gasteiger partial charge in [-0.25, -0.2) is 9.97 Å². The van der Waals surface area contributed by atoms with Gasteiger partial charge in [-0.1, -0.05) is 42.4 Å². The second-order valence-electron chi connectivity index (χ2n) is 6.77. The van der Waals surface area contributed by atoms with Gasteiger partial charge in [-0.05, 0) is 41.8 Å². The Morgan fingerprint density at radius 3 is 2.67 bits per heavy atom. The van der Waals surface area contributed by atoms with Crippen molar-refractivity contribution >= 4 is 23.4 Å².